The van der Waals surface area contributed by atoms with E-state index in [1.54, 1.807) is 0 Å². The van der Waals surface area contributed by atoms with Crippen LogP contribution < -0.4 is 9.47 Å². The van der Waals surface area contributed by atoms with Crippen LogP contribution in [0.2, 0.25) is 0 Å². The van der Waals surface area contributed by atoms with E-state index in [2.05, 4.69) is 26.3 Å². The third kappa shape index (κ3) is 9.53. The largest absolute Gasteiger partial charge is 0.497 e. The van der Waals surface area contributed by atoms with Gasteiger partial charge in [-0.15, -0.1) is 0 Å². The summed E-state index contributed by atoms with van der Waals surface area (Å²) in [5.74, 6) is -0.633. The first kappa shape index (κ1) is 38.8. The summed E-state index contributed by atoms with van der Waals surface area (Å²) in [6.07, 6.45) is 11.3. The highest BCUT2D eigenvalue weighted by molar-refractivity contribution is 7.88. The zero-order valence-electron chi connectivity index (χ0n) is 28.8. The second kappa shape index (κ2) is 16.9. The standard InChI is InChI=1S/C37H46F5NO7S/c1-47-30-19-17-28(18-20-30)34(36(38,39)40)43-50-51(45,46)37(41,42)35(44)49-22-21-48-33-31(26-13-7-3-8-14-26)23-29(25-11-5-2-6-12-25)24-32(33)27-15-9-4-10-16-27/h17-20,23-27H,2-16,21-22H2,1H3/b43-34-. The van der Waals surface area contributed by atoms with E-state index >= 15 is 0 Å². The molecule has 3 saturated carbocycles. The molecule has 0 amide bonds. The molecular weight excluding hydrogens is 697 g/mol. The zero-order chi connectivity index (χ0) is 36.6. The molecule has 3 fully saturated rings. The van der Waals surface area contributed by atoms with Crippen LogP contribution in [0.15, 0.2) is 41.6 Å². The van der Waals surface area contributed by atoms with Crippen LogP contribution >= 0.6 is 0 Å². The van der Waals surface area contributed by atoms with Gasteiger partial charge < -0.3 is 14.2 Å². The number of carbonyl (C=O) groups is 1. The number of alkyl halides is 5. The van der Waals surface area contributed by atoms with Gasteiger partial charge in [0.15, 0.2) is 5.71 Å². The lowest BCUT2D eigenvalue weighted by Gasteiger charge is -2.32. The molecule has 5 rings (SSSR count). The second-order valence-corrected chi connectivity index (χ2v) is 15.3. The number of carbonyl (C=O) groups excluding carboxylic acids is 1. The van der Waals surface area contributed by atoms with Gasteiger partial charge in [0.05, 0.1) is 7.11 Å². The smallest absolute Gasteiger partial charge is 0.478 e. The molecule has 0 aliphatic heterocycles. The summed E-state index contributed by atoms with van der Waals surface area (Å²) in [5, 5.41) is -2.89. The van der Waals surface area contributed by atoms with Crippen LogP contribution in [-0.4, -0.2) is 51.9 Å². The van der Waals surface area contributed by atoms with Crippen LogP contribution in [0, 0.1) is 0 Å². The average molecular weight is 744 g/mol. The van der Waals surface area contributed by atoms with E-state index < -0.39 is 45.4 Å². The van der Waals surface area contributed by atoms with Gasteiger partial charge in [0.2, 0.25) is 0 Å². The third-order valence-corrected chi connectivity index (χ3v) is 11.4. The lowest BCUT2D eigenvalue weighted by Crippen LogP contribution is -2.40. The quantitative estimate of drug-likeness (QED) is 0.0662. The van der Waals surface area contributed by atoms with Crippen LogP contribution in [0.4, 0.5) is 22.0 Å². The summed E-state index contributed by atoms with van der Waals surface area (Å²) >= 11 is 0. The zero-order valence-corrected chi connectivity index (χ0v) is 29.6. The molecule has 3 aliphatic rings. The summed E-state index contributed by atoms with van der Waals surface area (Å²) in [4.78, 5) is 12.4. The van der Waals surface area contributed by atoms with Gasteiger partial charge in [0.1, 0.15) is 24.7 Å². The van der Waals surface area contributed by atoms with Crippen LogP contribution in [0.3, 0.4) is 0 Å². The highest BCUT2D eigenvalue weighted by Gasteiger charge is 2.57. The van der Waals surface area contributed by atoms with Gasteiger partial charge in [-0.1, -0.05) is 75.1 Å². The van der Waals surface area contributed by atoms with Gasteiger partial charge in [0, 0.05) is 5.56 Å². The first-order valence-electron chi connectivity index (χ1n) is 17.9. The molecule has 51 heavy (non-hydrogen) atoms. The van der Waals surface area contributed by atoms with E-state index in [-0.39, 0.29) is 24.2 Å². The molecule has 0 unspecified atom stereocenters. The second-order valence-electron chi connectivity index (χ2n) is 13.7. The summed E-state index contributed by atoms with van der Waals surface area (Å²) in [6, 6.07) is 8.55. The van der Waals surface area contributed by atoms with Gasteiger partial charge in [-0.3, -0.25) is 4.28 Å². The van der Waals surface area contributed by atoms with Crippen molar-refractivity contribution in [2.75, 3.05) is 20.3 Å². The van der Waals surface area contributed by atoms with E-state index in [1.807, 2.05) is 0 Å². The van der Waals surface area contributed by atoms with Gasteiger partial charge >= 0.3 is 27.5 Å². The van der Waals surface area contributed by atoms with Gasteiger partial charge in [-0.05, 0) is 97.2 Å². The van der Waals surface area contributed by atoms with Crippen molar-refractivity contribution in [2.24, 2.45) is 5.16 Å². The predicted octanol–water partition coefficient (Wildman–Crippen LogP) is 9.67. The van der Waals surface area contributed by atoms with Crippen molar-refractivity contribution in [1.82, 2.24) is 0 Å². The normalized spacial score (nSPS) is 19.1. The number of rotatable bonds is 13. The molecule has 2 aromatic carbocycles. The molecule has 3 aliphatic carbocycles. The molecule has 0 bridgehead atoms. The molecular formula is C37H46F5NO7S. The van der Waals surface area contributed by atoms with Crippen LogP contribution in [0.1, 0.15) is 136 Å². The fraction of sp³-hybridized carbons (Fsp3) is 0.622. The number of halogens is 5. The highest BCUT2D eigenvalue weighted by Crippen LogP contribution is 2.47. The maximum Gasteiger partial charge on any atom is 0.478 e. The van der Waals surface area contributed by atoms with Crippen LogP contribution in [0.5, 0.6) is 11.5 Å². The van der Waals surface area contributed by atoms with Gasteiger partial charge in [-0.25, -0.2) is 4.79 Å². The van der Waals surface area contributed by atoms with E-state index in [4.69, 9.17) is 9.47 Å². The fourth-order valence-corrected chi connectivity index (χ4v) is 8.11. The van der Waals surface area contributed by atoms with Crippen molar-refractivity contribution in [3.63, 3.8) is 0 Å². The Balaban J connectivity index is 1.31. The van der Waals surface area contributed by atoms with E-state index in [1.165, 1.54) is 31.9 Å². The molecule has 2 aromatic rings. The lowest BCUT2D eigenvalue weighted by molar-refractivity contribution is -0.162. The Hall–Kier alpha value is -3.42. The number of oxime groups is 1. The van der Waals surface area contributed by atoms with Crippen LogP contribution in [0.25, 0.3) is 0 Å². The van der Waals surface area contributed by atoms with E-state index in [9.17, 15) is 35.2 Å². The lowest BCUT2D eigenvalue weighted by atomic mass is 9.75. The molecule has 0 heterocycles. The molecule has 0 aromatic heterocycles. The Morgan fingerprint density at radius 2 is 1.24 bits per heavy atom. The predicted molar refractivity (Wildman–Crippen MR) is 181 cm³/mol. The molecule has 0 N–H and O–H groups in total. The number of ether oxygens (including phenoxy) is 3. The Bertz CT molecular complexity index is 1570. The van der Waals surface area contributed by atoms with Crippen molar-refractivity contribution >= 4 is 21.8 Å². The number of hydrogen-bond acceptors (Lipinski definition) is 8. The average Bonchev–Trinajstić information content (AvgIpc) is 3.13. The fourth-order valence-electron chi connectivity index (χ4n) is 7.58. The number of nitrogens with zero attached hydrogens (tertiary/aromatic N) is 1. The Kier molecular flexibility index (Phi) is 12.9. The van der Waals surface area contributed by atoms with Crippen LogP contribution in [-0.2, 0) is 23.9 Å². The monoisotopic (exact) mass is 743 g/mol. The summed E-state index contributed by atoms with van der Waals surface area (Å²) in [6.45, 7) is -1.07. The molecule has 0 atom stereocenters. The SMILES string of the molecule is COc1ccc(/C(=N/OS(=O)(=O)C(F)(F)C(=O)OCCOc2c(C3CCCCC3)cc(C3CCCCC3)cc2C2CCCCC2)C(F)(F)F)cc1. The van der Waals surface area contributed by atoms with E-state index in [0.29, 0.717) is 11.7 Å². The van der Waals surface area contributed by atoms with Crippen molar-refractivity contribution < 1.29 is 53.7 Å². The first-order valence-corrected chi connectivity index (χ1v) is 19.3. The topological polar surface area (TPSA) is 100 Å². The third-order valence-electron chi connectivity index (χ3n) is 10.3. The molecule has 8 nitrogen and oxygen atoms in total. The highest BCUT2D eigenvalue weighted by atomic mass is 32.2. The Morgan fingerprint density at radius 1 is 0.745 bits per heavy atom. The minimum atomic E-state index is -6.34. The number of hydrogen-bond donors (Lipinski definition) is 0. The minimum absolute atomic E-state index is 0.180. The van der Waals surface area contributed by atoms with Crippen molar-refractivity contribution in [1.29, 1.82) is 0 Å². The minimum Gasteiger partial charge on any atom is -0.497 e. The molecule has 282 valence electrons. The van der Waals surface area contributed by atoms with Gasteiger partial charge in [0.25, 0.3) is 0 Å². The number of esters is 1. The Labute approximate surface area is 296 Å². The maximum absolute atomic E-state index is 14.8. The number of benzene rings is 2. The van der Waals surface area contributed by atoms with Crippen molar-refractivity contribution in [3.05, 3.63) is 58.7 Å². The van der Waals surface area contributed by atoms with Gasteiger partial charge in [-0.2, -0.15) is 30.4 Å². The molecule has 0 saturated heterocycles. The maximum atomic E-state index is 14.8. The summed E-state index contributed by atoms with van der Waals surface area (Å²) in [5.41, 5.74) is 0.919. The summed E-state index contributed by atoms with van der Waals surface area (Å²) in [7, 11) is -5.07. The van der Waals surface area contributed by atoms with Crippen molar-refractivity contribution in [3.8, 4) is 11.5 Å². The Morgan fingerprint density at radius 3 is 1.71 bits per heavy atom. The first-order chi connectivity index (χ1) is 24.3. The van der Waals surface area contributed by atoms with E-state index in [0.717, 1.165) is 112 Å². The molecule has 14 heteroatoms. The van der Waals surface area contributed by atoms with Crippen molar-refractivity contribution in [2.45, 2.75) is 125 Å². The molecule has 0 spiro atoms. The molecule has 0 radical (unpaired) electrons. The summed E-state index contributed by atoms with van der Waals surface area (Å²) < 4.78 is 115. The number of methoxy groups -OCH3 is 1.